The van der Waals surface area contributed by atoms with E-state index in [2.05, 4.69) is 34.5 Å². The molecule has 2 saturated heterocycles. The Morgan fingerprint density at radius 3 is 2.29 bits per heavy atom. The number of halogens is 3. The standard InChI is InChI=1S/C28H28F3N3O/c1-33(2)27(35)22-7-4-6-21(14-22)19-9-11-20(12-10-19)26-24-15-32-16-25(26)34(24)17-18-5-3-8-23(13-18)28(29,30)31/h3-14,24-26,32H,15-17H2,1-2H3/t24-,25+,26?. The molecular weight excluding hydrogens is 451 g/mol. The number of benzene rings is 3. The summed E-state index contributed by atoms with van der Waals surface area (Å²) in [6, 6.07) is 22.2. The Morgan fingerprint density at radius 1 is 0.943 bits per heavy atom. The molecule has 3 aromatic carbocycles. The molecule has 2 heterocycles. The number of likely N-dealkylation sites (tertiary alicyclic amines) is 1. The van der Waals surface area contributed by atoms with Crippen molar-refractivity contribution >= 4 is 5.91 Å². The fraction of sp³-hybridized carbons (Fsp3) is 0.321. The molecular formula is C28H28F3N3O. The first-order chi connectivity index (χ1) is 16.7. The molecule has 0 spiro atoms. The van der Waals surface area contributed by atoms with Crippen LogP contribution in [0.5, 0.6) is 0 Å². The van der Waals surface area contributed by atoms with Gasteiger partial charge in [0, 0.05) is 57.3 Å². The predicted octanol–water partition coefficient (Wildman–Crippen LogP) is 5.01. The van der Waals surface area contributed by atoms with E-state index in [0.29, 0.717) is 23.6 Å². The number of nitrogens with one attached hydrogen (secondary N) is 1. The van der Waals surface area contributed by atoms with E-state index in [1.54, 1.807) is 25.1 Å². The predicted molar refractivity (Wildman–Crippen MR) is 130 cm³/mol. The van der Waals surface area contributed by atoms with E-state index in [-0.39, 0.29) is 18.0 Å². The number of rotatable bonds is 5. The molecule has 7 heteroatoms. The first-order valence-corrected chi connectivity index (χ1v) is 11.8. The third-order valence-corrected chi connectivity index (χ3v) is 7.15. The minimum absolute atomic E-state index is 0.0286. The van der Waals surface area contributed by atoms with Gasteiger partial charge in [0.2, 0.25) is 0 Å². The number of hydrogen-bond donors (Lipinski definition) is 1. The first-order valence-electron chi connectivity index (χ1n) is 11.8. The van der Waals surface area contributed by atoms with Crippen LogP contribution < -0.4 is 5.32 Å². The molecule has 1 unspecified atom stereocenters. The van der Waals surface area contributed by atoms with Crippen molar-refractivity contribution in [2.75, 3.05) is 27.2 Å². The normalized spacial score (nSPS) is 21.9. The summed E-state index contributed by atoms with van der Waals surface area (Å²) in [4.78, 5) is 16.2. The molecule has 0 aliphatic carbocycles. The molecule has 0 radical (unpaired) electrons. The number of carbonyl (C=O) groups excluding carboxylic acids is 1. The Hall–Kier alpha value is -3.16. The van der Waals surface area contributed by atoms with Crippen LogP contribution in [0.1, 0.15) is 33.0 Å². The van der Waals surface area contributed by atoms with Crippen LogP contribution >= 0.6 is 0 Å². The maximum absolute atomic E-state index is 13.1. The number of carbonyl (C=O) groups is 1. The SMILES string of the molecule is CN(C)C(=O)c1cccc(-c2ccc(C3[C@H]4CNC[C@@H]3N4Cc3cccc(C(F)(F)F)c3)cc2)c1. The van der Waals surface area contributed by atoms with Gasteiger partial charge < -0.3 is 10.2 Å². The average molecular weight is 480 g/mol. The lowest BCUT2D eigenvalue weighted by molar-refractivity contribution is -0.137. The quantitative estimate of drug-likeness (QED) is 0.559. The second-order valence-electron chi connectivity index (χ2n) is 9.59. The first kappa shape index (κ1) is 23.6. The lowest BCUT2D eigenvalue weighted by Gasteiger charge is -2.59. The highest BCUT2D eigenvalue weighted by Gasteiger charge is 2.51. The van der Waals surface area contributed by atoms with Gasteiger partial charge in [0.15, 0.2) is 0 Å². The van der Waals surface area contributed by atoms with Crippen LogP contribution in [0.2, 0.25) is 0 Å². The molecule has 1 N–H and O–H groups in total. The number of amides is 1. The van der Waals surface area contributed by atoms with Crippen LogP contribution in [0.15, 0.2) is 72.8 Å². The van der Waals surface area contributed by atoms with E-state index in [4.69, 9.17) is 0 Å². The molecule has 3 atom stereocenters. The molecule has 35 heavy (non-hydrogen) atoms. The highest BCUT2D eigenvalue weighted by Crippen LogP contribution is 2.44. The lowest BCUT2D eigenvalue weighted by Crippen LogP contribution is -2.72. The fourth-order valence-corrected chi connectivity index (χ4v) is 5.40. The van der Waals surface area contributed by atoms with Gasteiger partial charge in [-0.15, -0.1) is 0 Å². The van der Waals surface area contributed by atoms with Crippen molar-refractivity contribution in [3.05, 3.63) is 95.1 Å². The summed E-state index contributed by atoms with van der Waals surface area (Å²) in [7, 11) is 3.48. The third kappa shape index (κ3) is 4.58. The second-order valence-corrected chi connectivity index (χ2v) is 9.59. The minimum atomic E-state index is -4.33. The van der Waals surface area contributed by atoms with E-state index in [1.807, 2.05) is 24.3 Å². The number of hydrogen-bond acceptors (Lipinski definition) is 3. The molecule has 2 aliphatic heterocycles. The Kier molecular flexibility index (Phi) is 6.15. The Balaban J connectivity index is 1.32. The molecule has 0 aromatic heterocycles. The van der Waals surface area contributed by atoms with Crippen LogP contribution in [-0.2, 0) is 12.7 Å². The van der Waals surface area contributed by atoms with Crippen molar-refractivity contribution < 1.29 is 18.0 Å². The van der Waals surface area contributed by atoms with Crippen LogP contribution in [0.25, 0.3) is 11.1 Å². The largest absolute Gasteiger partial charge is 0.416 e. The van der Waals surface area contributed by atoms with Gasteiger partial charge in [-0.25, -0.2) is 0 Å². The number of piperidine rings is 1. The van der Waals surface area contributed by atoms with Gasteiger partial charge in [0.1, 0.15) is 0 Å². The molecule has 2 aliphatic rings. The maximum Gasteiger partial charge on any atom is 0.416 e. The molecule has 1 amide bonds. The van der Waals surface area contributed by atoms with E-state index in [0.717, 1.165) is 30.3 Å². The zero-order chi connectivity index (χ0) is 24.7. The second kappa shape index (κ2) is 9.13. The topological polar surface area (TPSA) is 35.6 Å². The molecule has 3 aromatic rings. The van der Waals surface area contributed by atoms with Gasteiger partial charge in [-0.1, -0.05) is 54.6 Å². The Labute approximate surface area is 203 Å². The van der Waals surface area contributed by atoms with Gasteiger partial charge in [0.05, 0.1) is 5.56 Å². The zero-order valence-electron chi connectivity index (χ0n) is 19.7. The van der Waals surface area contributed by atoms with Crippen LogP contribution in [0.3, 0.4) is 0 Å². The minimum Gasteiger partial charge on any atom is -0.345 e. The highest BCUT2D eigenvalue weighted by atomic mass is 19.4. The summed E-state index contributed by atoms with van der Waals surface area (Å²) in [5, 5.41) is 3.44. The number of nitrogens with zero attached hydrogens (tertiary/aromatic N) is 2. The maximum atomic E-state index is 13.1. The van der Waals surface area contributed by atoms with Crippen molar-refractivity contribution in [1.82, 2.24) is 15.1 Å². The van der Waals surface area contributed by atoms with Gasteiger partial charge in [-0.2, -0.15) is 13.2 Å². The molecule has 5 rings (SSSR count). The number of alkyl halides is 3. The molecule has 2 fully saturated rings. The van der Waals surface area contributed by atoms with Crippen molar-refractivity contribution in [3.63, 3.8) is 0 Å². The van der Waals surface area contributed by atoms with Gasteiger partial charge in [-0.3, -0.25) is 9.69 Å². The Morgan fingerprint density at radius 2 is 1.63 bits per heavy atom. The van der Waals surface area contributed by atoms with Crippen molar-refractivity contribution in [2.45, 2.75) is 30.7 Å². The van der Waals surface area contributed by atoms with Crippen LogP contribution in [0, 0.1) is 0 Å². The van der Waals surface area contributed by atoms with E-state index < -0.39 is 11.7 Å². The monoisotopic (exact) mass is 479 g/mol. The molecule has 0 saturated carbocycles. The zero-order valence-corrected chi connectivity index (χ0v) is 19.7. The summed E-state index contributed by atoms with van der Waals surface area (Å²) in [5.41, 5.74) is 4.03. The summed E-state index contributed by atoms with van der Waals surface area (Å²) in [5.74, 6) is 0.317. The number of fused-ring (bicyclic) bond motifs is 2. The van der Waals surface area contributed by atoms with Crippen LogP contribution in [0.4, 0.5) is 13.2 Å². The van der Waals surface area contributed by atoms with E-state index in [1.165, 1.54) is 17.7 Å². The average Bonchev–Trinajstić information content (AvgIpc) is 2.86. The van der Waals surface area contributed by atoms with Gasteiger partial charge in [-0.05, 0) is 40.5 Å². The summed E-state index contributed by atoms with van der Waals surface area (Å²) < 4.78 is 39.4. The lowest BCUT2D eigenvalue weighted by atomic mass is 9.72. The van der Waals surface area contributed by atoms with Crippen molar-refractivity contribution in [1.29, 1.82) is 0 Å². The molecule has 4 nitrogen and oxygen atoms in total. The van der Waals surface area contributed by atoms with E-state index in [9.17, 15) is 18.0 Å². The van der Waals surface area contributed by atoms with Crippen molar-refractivity contribution in [2.24, 2.45) is 0 Å². The third-order valence-electron chi connectivity index (χ3n) is 7.15. The number of piperazine rings is 1. The summed E-state index contributed by atoms with van der Waals surface area (Å²) in [6.07, 6.45) is -4.33. The van der Waals surface area contributed by atoms with Gasteiger partial charge in [0.25, 0.3) is 5.91 Å². The van der Waals surface area contributed by atoms with E-state index >= 15 is 0 Å². The van der Waals surface area contributed by atoms with Crippen molar-refractivity contribution in [3.8, 4) is 11.1 Å². The smallest absolute Gasteiger partial charge is 0.345 e. The summed E-state index contributed by atoms with van der Waals surface area (Å²) >= 11 is 0. The summed E-state index contributed by atoms with van der Waals surface area (Å²) in [6.45, 7) is 2.15. The molecule has 182 valence electrons. The molecule has 2 bridgehead atoms. The fourth-order valence-electron chi connectivity index (χ4n) is 5.40. The Bertz CT molecular complexity index is 1210. The van der Waals surface area contributed by atoms with Crippen LogP contribution in [-0.4, -0.2) is 55.0 Å². The van der Waals surface area contributed by atoms with Gasteiger partial charge >= 0.3 is 6.18 Å². The highest BCUT2D eigenvalue weighted by molar-refractivity contribution is 5.95.